The van der Waals surface area contributed by atoms with Crippen LogP contribution in [-0.2, 0) is 41.6 Å². The molecule has 0 unspecified atom stereocenters. The van der Waals surface area contributed by atoms with Crippen molar-refractivity contribution >= 4 is 11.9 Å². The molecule has 2 aromatic carbocycles. The maximum Gasteiger partial charge on any atom is 0.306 e. The molecule has 2 saturated heterocycles. The maximum atomic E-state index is 12.9. The Hall–Kier alpha value is -2.78. The molecule has 2 aliphatic heterocycles. The fourth-order valence-electron chi connectivity index (χ4n) is 7.70. The third kappa shape index (κ3) is 9.86. The Morgan fingerprint density at radius 3 is 1.17 bits per heavy atom. The van der Waals surface area contributed by atoms with Crippen LogP contribution in [0, 0.1) is 0 Å². The van der Waals surface area contributed by atoms with Crippen molar-refractivity contribution < 1.29 is 28.7 Å². The van der Waals surface area contributed by atoms with Crippen molar-refractivity contribution in [2.45, 2.75) is 141 Å². The van der Waals surface area contributed by atoms with Crippen LogP contribution in [0.5, 0.6) is 0 Å². The number of hydroxylamine groups is 4. The number of nitrogens with zero attached hydrogens (tertiary/aromatic N) is 2. The Morgan fingerprint density at radius 2 is 0.870 bits per heavy atom. The van der Waals surface area contributed by atoms with Gasteiger partial charge in [-0.1, -0.05) is 60.7 Å². The molecule has 0 radical (unpaired) electrons. The minimum atomic E-state index is -0.366. The minimum Gasteiger partial charge on any atom is -0.462 e. The highest BCUT2D eigenvalue weighted by molar-refractivity contribution is 5.77. The fourth-order valence-corrected chi connectivity index (χ4v) is 7.70. The summed E-state index contributed by atoms with van der Waals surface area (Å²) in [7, 11) is 0. The third-order valence-electron chi connectivity index (χ3n) is 9.15. The van der Waals surface area contributed by atoms with Crippen molar-refractivity contribution in [1.82, 2.24) is 10.1 Å². The lowest BCUT2D eigenvalue weighted by Crippen LogP contribution is -2.62. The third-order valence-corrected chi connectivity index (χ3v) is 9.15. The van der Waals surface area contributed by atoms with E-state index in [9.17, 15) is 9.59 Å². The number of benzene rings is 2. The van der Waals surface area contributed by atoms with Gasteiger partial charge in [0.1, 0.15) is 12.2 Å². The topological polar surface area (TPSA) is 77.5 Å². The number of hydrogen-bond acceptors (Lipinski definition) is 8. The van der Waals surface area contributed by atoms with Gasteiger partial charge in [0.25, 0.3) is 0 Å². The molecule has 0 bridgehead atoms. The van der Waals surface area contributed by atoms with Gasteiger partial charge in [-0.3, -0.25) is 19.3 Å². The quantitative estimate of drug-likeness (QED) is 0.213. The van der Waals surface area contributed by atoms with Crippen molar-refractivity contribution in [1.29, 1.82) is 0 Å². The molecular weight excluding hydrogens is 580 g/mol. The molecule has 8 nitrogen and oxygen atoms in total. The van der Waals surface area contributed by atoms with Crippen LogP contribution in [0.4, 0.5) is 0 Å². The molecular formula is C38H56N2O6. The van der Waals surface area contributed by atoms with Crippen LogP contribution >= 0.6 is 0 Å². The van der Waals surface area contributed by atoms with E-state index in [0.717, 1.165) is 12.8 Å². The van der Waals surface area contributed by atoms with Gasteiger partial charge in [-0.15, -0.1) is 0 Å². The summed E-state index contributed by atoms with van der Waals surface area (Å²) in [6.45, 7) is 18.1. The highest BCUT2D eigenvalue weighted by Crippen LogP contribution is 2.41. The Kier molecular flexibility index (Phi) is 11.7. The van der Waals surface area contributed by atoms with Crippen molar-refractivity contribution in [3.8, 4) is 0 Å². The van der Waals surface area contributed by atoms with Gasteiger partial charge in [-0.25, -0.2) is 0 Å². The summed E-state index contributed by atoms with van der Waals surface area (Å²) in [4.78, 5) is 38.4. The molecule has 46 heavy (non-hydrogen) atoms. The highest BCUT2D eigenvalue weighted by atomic mass is 16.7. The summed E-state index contributed by atoms with van der Waals surface area (Å²) >= 11 is 0. The van der Waals surface area contributed by atoms with E-state index in [1.807, 2.05) is 36.4 Å². The van der Waals surface area contributed by atoms with Gasteiger partial charge >= 0.3 is 11.9 Å². The Morgan fingerprint density at radius 1 is 0.565 bits per heavy atom. The van der Waals surface area contributed by atoms with Crippen molar-refractivity contribution in [3.63, 3.8) is 0 Å². The molecule has 0 spiro atoms. The van der Waals surface area contributed by atoms with E-state index in [2.05, 4.69) is 89.8 Å². The lowest BCUT2D eigenvalue weighted by molar-refractivity contribution is -0.293. The SMILES string of the molecule is CC1(C)CC(OC(=O)CCC(=O)OC2CC(C)(C)N(OCCc3ccccc3)C(C)(C)C2)CC(C)(C)N1OCCc1ccccc1. The Bertz CT molecular complexity index is 1140. The highest BCUT2D eigenvalue weighted by Gasteiger charge is 2.49. The molecule has 254 valence electrons. The van der Waals surface area contributed by atoms with Gasteiger partial charge in [0.2, 0.25) is 0 Å². The lowest BCUT2D eigenvalue weighted by Gasteiger charge is -2.53. The first kappa shape index (κ1) is 36.1. The molecule has 4 rings (SSSR count). The molecule has 0 N–H and O–H groups in total. The van der Waals surface area contributed by atoms with Crippen LogP contribution in [0.3, 0.4) is 0 Å². The zero-order valence-corrected chi connectivity index (χ0v) is 29.3. The van der Waals surface area contributed by atoms with Crippen molar-refractivity contribution in [3.05, 3.63) is 71.8 Å². The van der Waals surface area contributed by atoms with Gasteiger partial charge in [-0.05, 0) is 79.4 Å². The van der Waals surface area contributed by atoms with Crippen LogP contribution in [0.1, 0.15) is 105 Å². The molecule has 2 fully saturated rings. The zero-order valence-electron chi connectivity index (χ0n) is 29.3. The molecule has 2 heterocycles. The molecule has 0 aromatic heterocycles. The second-order valence-electron chi connectivity index (χ2n) is 15.5. The van der Waals surface area contributed by atoms with E-state index >= 15 is 0 Å². The Balaban J connectivity index is 1.21. The van der Waals surface area contributed by atoms with Crippen molar-refractivity contribution in [2.75, 3.05) is 13.2 Å². The summed E-state index contributed by atoms with van der Waals surface area (Å²) in [5.74, 6) is -0.733. The predicted molar refractivity (Wildman–Crippen MR) is 180 cm³/mol. The summed E-state index contributed by atoms with van der Waals surface area (Å²) in [6, 6.07) is 20.6. The van der Waals surface area contributed by atoms with E-state index < -0.39 is 0 Å². The van der Waals surface area contributed by atoms with Crippen LogP contribution in [0.2, 0.25) is 0 Å². The van der Waals surface area contributed by atoms with Gasteiger partial charge < -0.3 is 9.47 Å². The average molecular weight is 637 g/mol. The van der Waals surface area contributed by atoms with E-state index in [-0.39, 0.29) is 59.1 Å². The molecule has 0 amide bonds. The van der Waals surface area contributed by atoms with E-state index in [1.54, 1.807) is 0 Å². The predicted octanol–water partition coefficient (Wildman–Crippen LogP) is 7.24. The normalized spacial score (nSPS) is 21.5. The average Bonchev–Trinajstić information content (AvgIpc) is 2.95. The second kappa shape index (κ2) is 15.0. The van der Waals surface area contributed by atoms with E-state index in [1.165, 1.54) is 11.1 Å². The summed E-state index contributed by atoms with van der Waals surface area (Å²) in [5, 5.41) is 4.15. The fraction of sp³-hybridized carbons (Fsp3) is 0.632. The van der Waals surface area contributed by atoms with E-state index in [4.69, 9.17) is 19.1 Å². The van der Waals surface area contributed by atoms with Crippen LogP contribution in [0.25, 0.3) is 0 Å². The number of carbonyl (C=O) groups excluding carboxylic acids is 2. The van der Waals surface area contributed by atoms with Gasteiger partial charge in [0, 0.05) is 47.8 Å². The van der Waals surface area contributed by atoms with Gasteiger partial charge in [0.15, 0.2) is 0 Å². The van der Waals surface area contributed by atoms with Gasteiger partial charge in [-0.2, -0.15) is 10.1 Å². The van der Waals surface area contributed by atoms with E-state index in [0.29, 0.717) is 38.9 Å². The number of esters is 2. The monoisotopic (exact) mass is 636 g/mol. The maximum absolute atomic E-state index is 12.9. The molecule has 2 aromatic rings. The largest absolute Gasteiger partial charge is 0.462 e. The number of ether oxygens (including phenoxy) is 2. The van der Waals surface area contributed by atoms with Crippen molar-refractivity contribution in [2.24, 2.45) is 0 Å². The molecule has 0 atom stereocenters. The number of piperidine rings is 2. The smallest absolute Gasteiger partial charge is 0.306 e. The first-order valence-corrected chi connectivity index (χ1v) is 16.9. The molecule has 0 aliphatic carbocycles. The first-order valence-electron chi connectivity index (χ1n) is 16.9. The second-order valence-corrected chi connectivity index (χ2v) is 15.5. The summed E-state index contributed by atoms with van der Waals surface area (Å²) in [5.41, 5.74) is 1.15. The number of rotatable bonds is 13. The molecule has 0 saturated carbocycles. The number of hydrogen-bond donors (Lipinski definition) is 0. The van der Waals surface area contributed by atoms with Gasteiger partial charge in [0.05, 0.1) is 26.1 Å². The summed E-state index contributed by atoms with van der Waals surface area (Å²) in [6.07, 6.45) is 3.74. The zero-order chi connectivity index (χ0) is 33.6. The molecule has 8 heteroatoms. The van der Waals surface area contributed by atoms with Crippen LogP contribution in [0.15, 0.2) is 60.7 Å². The first-order chi connectivity index (χ1) is 21.6. The summed E-state index contributed by atoms with van der Waals surface area (Å²) < 4.78 is 11.8. The van der Waals surface area contributed by atoms with Crippen LogP contribution < -0.4 is 0 Å². The lowest BCUT2D eigenvalue weighted by atomic mass is 9.80. The Labute approximate surface area is 276 Å². The number of carbonyl (C=O) groups is 2. The van der Waals surface area contributed by atoms with Crippen LogP contribution in [-0.4, -0.2) is 69.6 Å². The standard InChI is InChI=1S/C38H56N2O6/c1-35(2)25-31(26-36(3,4)39(35)43-23-21-29-15-11-9-12-16-29)45-33(41)19-20-34(42)46-32-27-37(5,6)40(38(7,8)28-32)44-24-22-30-17-13-10-14-18-30/h9-18,31-32H,19-28H2,1-8H3. The molecule has 2 aliphatic rings. The minimum absolute atomic E-state index is 0.00169.